The van der Waals surface area contributed by atoms with Gasteiger partial charge in [0, 0.05) is 34.6 Å². The molecule has 0 unspecified atom stereocenters. The van der Waals surface area contributed by atoms with Crippen LogP contribution in [0.3, 0.4) is 0 Å². The predicted octanol–water partition coefficient (Wildman–Crippen LogP) is 5.61. The van der Waals surface area contributed by atoms with Gasteiger partial charge in [-0.2, -0.15) is 0 Å². The van der Waals surface area contributed by atoms with Crippen molar-refractivity contribution >= 4 is 81.2 Å². The summed E-state index contributed by atoms with van der Waals surface area (Å²) in [5.74, 6) is -1.13. The fourth-order valence-corrected chi connectivity index (χ4v) is 5.17. The van der Waals surface area contributed by atoms with Crippen molar-refractivity contribution in [2.75, 3.05) is 6.54 Å². The number of thioether (sulfide) groups is 1. The first-order valence-corrected chi connectivity index (χ1v) is 11.2. The summed E-state index contributed by atoms with van der Waals surface area (Å²) in [6, 6.07) is 8.87. The highest BCUT2D eigenvalue weighted by Crippen LogP contribution is 2.38. The second-order valence-corrected chi connectivity index (χ2v) is 9.46. The second kappa shape index (κ2) is 9.95. The van der Waals surface area contributed by atoms with E-state index in [2.05, 4.69) is 4.98 Å². The lowest BCUT2D eigenvalue weighted by Gasteiger charge is -2.13. The van der Waals surface area contributed by atoms with Gasteiger partial charge in [-0.25, -0.2) is 4.98 Å². The first-order valence-electron chi connectivity index (χ1n) is 8.40. The van der Waals surface area contributed by atoms with Gasteiger partial charge < -0.3 is 5.11 Å². The Morgan fingerprint density at radius 2 is 2.14 bits per heavy atom. The van der Waals surface area contributed by atoms with Crippen LogP contribution in [0.25, 0.3) is 6.08 Å². The molecule has 29 heavy (non-hydrogen) atoms. The van der Waals surface area contributed by atoms with E-state index in [4.69, 9.17) is 40.5 Å². The topological polar surface area (TPSA) is 70.5 Å². The Labute approximate surface area is 191 Å². The lowest BCUT2D eigenvalue weighted by atomic mass is 10.2. The van der Waals surface area contributed by atoms with Gasteiger partial charge in [-0.3, -0.25) is 14.5 Å². The van der Waals surface area contributed by atoms with E-state index in [-0.39, 0.29) is 18.9 Å². The molecular weight excluding hydrogens is 471 g/mol. The number of carboxylic acid groups (broad SMARTS) is 1. The average Bonchev–Trinajstić information content (AvgIpc) is 2.92. The molecule has 2 aromatic rings. The van der Waals surface area contributed by atoms with Crippen LogP contribution in [0, 0.1) is 0 Å². The molecule has 3 rings (SSSR count). The van der Waals surface area contributed by atoms with Crippen LogP contribution in [0.15, 0.2) is 51.4 Å². The first kappa shape index (κ1) is 22.1. The summed E-state index contributed by atoms with van der Waals surface area (Å²) < 4.78 is 0.422. The molecule has 1 aliphatic heterocycles. The third-order valence-electron chi connectivity index (χ3n) is 3.83. The molecule has 0 spiro atoms. The smallest absolute Gasteiger partial charge is 0.303 e. The summed E-state index contributed by atoms with van der Waals surface area (Å²) in [4.78, 5) is 30.5. The molecular formula is C19H14Cl2N2O3S3. The number of aliphatic carboxylic acids is 1. The molecule has 1 fully saturated rings. The van der Waals surface area contributed by atoms with Gasteiger partial charge >= 0.3 is 5.97 Å². The molecule has 2 heterocycles. The molecule has 1 saturated heterocycles. The van der Waals surface area contributed by atoms with Crippen molar-refractivity contribution in [3.63, 3.8) is 0 Å². The van der Waals surface area contributed by atoms with Crippen molar-refractivity contribution in [2.45, 2.75) is 22.8 Å². The number of thiocarbonyl (C=S) groups is 1. The Balaban J connectivity index is 1.81. The Morgan fingerprint density at radius 1 is 1.34 bits per heavy atom. The number of benzene rings is 1. The van der Waals surface area contributed by atoms with Gasteiger partial charge in [0.1, 0.15) is 9.35 Å². The monoisotopic (exact) mass is 484 g/mol. The number of aromatic nitrogens is 1. The van der Waals surface area contributed by atoms with Gasteiger partial charge in [0.25, 0.3) is 5.91 Å². The van der Waals surface area contributed by atoms with Crippen molar-refractivity contribution in [1.29, 1.82) is 0 Å². The van der Waals surface area contributed by atoms with Crippen molar-refractivity contribution in [1.82, 2.24) is 9.88 Å². The zero-order chi connectivity index (χ0) is 21.0. The minimum atomic E-state index is -0.899. The van der Waals surface area contributed by atoms with Gasteiger partial charge in [-0.05, 0) is 36.8 Å². The maximum atomic E-state index is 12.7. The number of pyridine rings is 1. The van der Waals surface area contributed by atoms with Crippen LogP contribution in [0.2, 0.25) is 10.0 Å². The number of amides is 1. The molecule has 1 aromatic heterocycles. The molecule has 1 amide bonds. The Kier molecular flexibility index (Phi) is 7.59. The summed E-state index contributed by atoms with van der Waals surface area (Å²) in [6.45, 7) is 0.281. The van der Waals surface area contributed by atoms with Gasteiger partial charge in [-0.1, -0.05) is 65.0 Å². The van der Waals surface area contributed by atoms with Crippen LogP contribution in [0.4, 0.5) is 0 Å². The number of halogens is 2. The van der Waals surface area contributed by atoms with Crippen LogP contribution >= 0.6 is 58.9 Å². The number of hydrogen-bond acceptors (Lipinski definition) is 6. The highest BCUT2D eigenvalue weighted by atomic mass is 35.5. The molecule has 0 bridgehead atoms. The quantitative estimate of drug-likeness (QED) is 0.404. The van der Waals surface area contributed by atoms with Gasteiger partial charge in [-0.15, -0.1) is 0 Å². The molecule has 150 valence electrons. The summed E-state index contributed by atoms with van der Waals surface area (Å²) in [5, 5.41) is 10.5. The van der Waals surface area contributed by atoms with E-state index in [1.54, 1.807) is 30.5 Å². The van der Waals surface area contributed by atoms with Gasteiger partial charge in [0.15, 0.2) is 0 Å². The van der Waals surface area contributed by atoms with E-state index < -0.39 is 5.97 Å². The van der Waals surface area contributed by atoms with E-state index >= 15 is 0 Å². The summed E-state index contributed by atoms with van der Waals surface area (Å²) in [6.07, 6.45) is 3.75. The highest BCUT2D eigenvalue weighted by Gasteiger charge is 2.31. The van der Waals surface area contributed by atoms with Crippen molar-refractivity contribution in [3.05, 3.63) is 57.0 Å². The highest BCUT2D eigenvalue weighted by molar-refractivity contribution is 8.26. The van der Waals surface area contributed by atoms with Crippen molar-refractivity contribution in [2.24, 2.45) is 0 Å². The number of carbonyl (C=O) groups excluding carboxylic acids is 1. The van der Waals surface area contributed by atoms with Crippen molar-refractivity contribution in [3.8, 4) is 0 Å². The lowest BCUT2D eigenvalue weighted by Crippen LogP contribution is -2.29. The van der Waals surface area contributed by atoms with Crippen molar-refractivity contribution < 1.29 is 14.7 Å². The van der Waals surface area contributed by atoms with Crippen LogP contribution in [-0.2, 0) is 9.59 Å². The molecule has 0 radical (unpaired) electrons. The van der Waals surface area contributed by atoms with Crippen LogP contribution in [0.1, 0.15) is 18.4 Å². The molecule has 1 N–H and O–H groups in total. The minimum absolute atomic E-state index is 0.0125. The van der Waals surface area contributed by atoms with E-state index in [0.717, 1.165) is 10.5 Å². The van der Waals surface area contributed by atoms with Gasteiger partial charge in [0.2, 0.25) is 0 Å². The molecule has 1 aliphatic rings. The number of carboxylic acids is 1. The van der Waals surface area contributed by atoms with E-state index in [1.165, 1.54) is 28.4 Å². The van der Waals surface area contributed by atoms with Crippen LogP contribution in [0.5, 0.6) is 0 Å². The second-order valence-electron chi connectivity index (χ2n) is 5.91. The Hall–Kier alpha value is -1.58. The first-order chi connectivity index (χ1) is 13.8. The number of nitrogens with zero attached hydrogens (tertiary/aromatic N) is 2. The fraction of sp³-hybridized carbons (Fsp3) is 0.158. The predicted molar refractivity (Wildman–Crippen MR) is 122 cm³/mol. The van der Waals surface area contributed by atoms with Gasteiger partial charge in [0.05, 0.1) is 9.93 Å². The Bertz CT molecular complexity index is 1010. The molecule has 0 aliphatic carbocycles. The SMILES string of the molecule is O=C(O)CCCN1C(=O)C(=Cc2cccnc2Sc2ccc(Cl)cc2Cl)SC1=S. The molecule has 0 saturated carbocycles. The summed E-state index contributed by atoms with van der Waals surface area (Å²) >= 11 is 20.1. The van der Waals surface area contributed by atoms with E-state index in [1.807, 2.05) is 12.1 Å². The van der Waals surface area contributed by atoms with E-state index in [9.17, 15) is 9.59 Å². The summed E-state index contributed by atoms with van der Waals surface area (Å²) in [5.41, 5.74) is 0.759. The average molecular weight is 485 g/mol. The van der Waals surface area contributed by atoms with Crippen LogP contribution in [-0.4, -0.2) is 37.7 Å². The lowest BCUT2D eigenvalue weighted by molar-refractivity contribution is -0.137. The number of carbonyl (C=O) groups is 2. The molecule has 5 nitrogen and oxygen atoms in total. The minimum Gasteiger partial charge on any atom is -0.481 e. The standard InChI is InChI=1S/C19H14Cl2N2O3S3/c20-12-5-6-14(13(21)10-12)28-17-11(3-1-7-22-17)9-15-18(26)23(19(27)29-15)8-2-4-16(24)25/h1,3,5-7,9-10H,2,4,8H2,(H,24,25). The largest absolute Gasteiger partial charge is 0.481 e. The maximum Gasteiger partial charge on any atom is 0.303 e. The zero-order valence-corrected chi connectivity index (χ0v) is 18.8. The molecule has 0 atom stereocenters. The number of rotatable bonds is 7. The molecule has 10 heteroatoms. The Morgan fingerprint density at radius 3 is 2.86 bits per heavy atom. The van der Waals surface area contributed by atoms with E-state index in [0.29, 0.717) is 30.7 Å². The normalized spacial score (nSPS) is 15.4. The third-order valence-corrected chi connectivity index (χ3v) is 6.98. The van der Waals surface area contributed by atoms with Crippen LogP contribution < -0.4 is 0 Å². The zero-order valence-electron chi connectivity index (χ0n) is 14.8. The third kappa shape index (κ3) is 5.73. The summed E-state index contributed by atoms with van der Waals surface area (Å²) in [7, 11) is 0. The molecule has 1 aromatic carbocycles. The number of hydrogen-bond donors (Lipinski definition) is 1. The fourth-order valence-electron chi connectivity index (χ4n) is 2.48. The maximum absolute atomic E-state index is 12.7.